The Morgan fingerprint density at radius 3 is 1.76 bits per heavy atom. The number of benzene rings is 6. The first-order valence-electron chi connectivity index (χ1n) is 15.2. The van der Waals surface area contributed by atoms with Crippen molar-refractivity contribution in [2.75, 3.05) is 9.80 Å². The van der Waals surface area contributed by atoms with Crippen LogP contribution in [0.15, 0.2) is 140 Å². The normalized spacial score (nSPS) is 12.4. The van der Waals surface area contributed by atoms with E-state index in [9.17, 15) is 14.4 Å². The van der Waals surface area contributed by atoms with Crippen molar-refractivity contribution < 1.29 is 14.4 Å². The largest absolute Gasteiger partial charge is 0.311 e. The molecule has 0 aliphatic carbocycles. The molecule has 0 atom stereocenters. The number of anilines is 4. The summed E-state index contributed by atoms with van der Waals surface area (Å²) in [7, 11) is 0. The van der Waals surface area contributed by atoms with Gasteiger partial charge < -0.3 is 4.90 Å². The number of aryl methyl sites for hydroxylation is 1. The molecule has 6 aromatic carbocycles. The molecule has 7 rings (SSSR count). The van der Waals surface area contributed by atoms with Crippen LogP contribution in [-0.4, -0.2) is 17.1 Å². The standard InChI is InChI=1S/C40H29ClN2O3/c41-37(44)16-7-9-27-17-21-32(22-18-27)43-39(45)35-15-8-14-34-33(25-26-36(38(34)35)40(43)46)28-19-23-31(24-20-28)42(29-10-3-1-4-11-29)30-12-5-2-6-13-30/h1-6,8,10-15,17-26H,7,9,16H2. The Morgan fingerprint density at radius 2 is 1.15 bits per heavy atom. The topological polar surface area (TPSA) is 57.7 Å². The average Bonchev–Trinajstić information content (AvgIpc) is 3.09. The summed E-state index contributed by atoms with van der Waals surface area (Å²) in [4.78, 5) is 42.2. The lowest BCUT2D eigenvalue weighted by Crippen LogP contribution is -2.40. The molecule has 0 unspecified atom stereocenters. The molecule has 46 heavy (non-hydrogen) atoms. The monoisotopic (exact) mass is 620 g/mol. The molecule has 224 valence electrons. The lowest BCUT2D eigenvalue weighted by molar-refractivity contribution is -0.111. The zero-order valence-corrected chi connectivity index (χ0v) is 25.7. The fourth-order valence-corrected chi connectivity index (χ4v) is 6.35. The second-order valence-electron chi connectivity index (χ2n) is 11.3. The van der Waals surface area contributed by atoms with E-state index in [-0.39, 0.29) is 17.1 Å². The van der Waals surface area contributed by atoms with Gasteiger partial charge in [-0.3, -0.25) is 14.4 Å². The molecule has 1 heterocycles. The number of carbonyl (C=O) groups excluding carboxylic acids is 3. The fraction of sp³-hybridized carbons (Fsp3) is 0.0750. The summed E-state index contributed by atoms with van der Waals surface area (Å²) in [5.41, 5.74) is 7.58. The van der Waals surface area contributed by atoms with Gasteiger partial charge in [0, 0.05) is 40.0 Å². The van der Waals surface area contributed by atoms with Gasteiger partial charge in [0.1, 0.15) is 0 Å². The number of imide groups is 1. The van der Waals surface area contributed by atoms with Gasteiger partial charge in [0.05, 0.1) is 5.69 Å². The molecule has 1 aliphatic rings. The van der Waals surface area contributed by atoms with Crippen LogP contribution >= 0.6 is 11.6 Å². The summed E-state index contributed by atoms with van der Waals surface area (Å²) < 4.78 is 0. The number of carbonyl (C=O) groups is 3. The van der Waals surface area contributed by atoms with E-state index in [4.69, 9.17) is 11.6 Å². The SMILES string of the molecule is O=C(Cl)CCCc1ccc(N2C(=O)c3cccc4c(-c5ccc(N(c6ccccc6)c6ccccc6)cc5)ccc(c34)C2=O)cc1. The summed E-state index contributed by atoms with van der Waals surface area (Å²) >= 11 is 5.46. The second kappa shape index (κ2) is 12.5. The van der Waals surface area contributed by atoms with E-state index < -0.39 is 0 Å². The highest BCUT2D eigenvalue weighted by molar-refractivity contribution is 6.63. The third-order valence-corrected chi connectivity index (χ3v) is 8.60. The molecule has 0 spiro atoms. The quantitative estimate of drug-likeness (QED) is 0.119. The minimum atomic E-state index is -0.355. The van der Waals surface area contributed by atoms with Crippen LogP contribution in [0.2, 0.25) is 0 Å². The van der Waals surface area contributed by atoms with Crippen molar-refractivity contribution in [1.82, 2.24) is 0 Å². The van der Waals surface area contributed by atoms with Crippen molar-refractivity contribution in [3.05, 3.63) is 156 Å². The van der Waals surface area contributed by atoms with Gasteiger partial charge in [0.2, 0.25) is 5.24 Å². The van der Waals surface area contributed by atoms with Gasteiger partial charge in [0.25, 0.3) is 11.8 Å². The van der Waals surface area contributed by atoms with E-state index in [0.717, 1.165) is 39.1 Å². The predicted molar refractivity (Wildman–Crippen MR) is 185 cm³/mol. The molecular weight excluding hydrogens is 592 g/mol. The second-order valence-corrected chi connectivity index (χ2v) is 11.7. The first-order valence-corrected chi connectivity index (χ1v) is 15.6. The third kappa shape index (κ3) is 5.46. The Morgan fingerprint density at radius 1 is 0.587 bits per heavy atom. The molecule has 1 aliphatic heterocycles. The maximum atomic E-state index is 13.8. The minimum absolute atomic E-state index is 0.305. The van der Waals surface area contributed by atoms with Crippen molar-refractivity contribution in [2.45, 2.75) is 19.3 Å². The molecule has 0 N–H and O–H groups in total. The molecule has 0 aromatic heterocycles. The predicted octanol–water partition coefficient (Wildman–Crippen LogP) is 9.87. The van der Waals surface area contributed by atoms with Crippen molar-refractivity contribution in [3.63, 3.8) is 0 Å². The lowest BCUT2D eigenvalue weighted by Gasteiger charge is -2.28. The maximum Gasteiger partial charge on any atom is 0.265 e. The smallest absolute Gasteiger partial charge is 0.265 e. The fourth-order valence-electron chi connectivity index (χ4n) is 6.22. The van der Waals surface area contributed by atoms with Gasteiger partial charge in [-0.05, 0) is 107 Å². The highest BCUT2D eigenvalue weighted by Gasteiger charge is 2.34. The highest BCUT2D eigenvalue weighted by Crippen LogP contribution is 2.40. The Labute approximate surface area is 272 Å². The highest BCUT2D eigenvalue weighted by atomic mass is 35.5. The van der Waals surface area contributed by atoms with E-state index in [2.05, 4.69) is 53.4 Å². The molecule has 6 aromatic rings. The first kappa shape index (κ1) is 29.2. The number of para-hydroxylation sites is 2. The average molecular weight is 621 g/mol. The van der Waals surface area contributed by atoms with E-state index >= 15 is 0 Å². The van der Waals surface area contributed by atoms with Gasteiger partial charge in [-0.2, -0.15) is 0 Å². The molecule has 2 amide bonds. The Balaban J connectivity index is 1.22. The van der Waals surface area contributed by atoms with Gasteiger partial charge in [-0.15, -0.1) is 0 Å². The molecule has 0 saturated heterocycles. The number of amides is 2. The van der Waals surface area contributed by atoms with Gasteiger partial charge in [-0.25, -0.2) is 4.90 Å². The van der Waals surface area contributed by atoms with Crippen LogP contribution in [0.4, 0.5) is 22.7 Å². The van der Waals surface area contributed by atoms with E-state index in [1.807, 2.05) is 72.8 Å². The van der Waals surface area contributed by atoms with Crippen LogP contribution in [0, 0.1) is 0 Å². The molecule has 5 nitrogen and oxygen atoms in total. The molecular formula is C40H29ClN2O3. The van der Waals surface area contributed by atoms with Gasteiger partial charge >= 0.3 is 0 Å². The zero-order chi connectivity index (χ0) is 31.6. The van der Waals surface area contributed by atoms with Gasteiger partial charge in [0.15, 0.2) is 0 Å². The lowest BCUT2D eigenvalue weighted by atomic mass is 9.89. The van der Waals surface area contributed by atoms with E-state index in [1.54, 1.807) is 18.2 Å². The summed E-state index contributed by atoms with van der Waals surface area (Å²) in [5, 5.41) is 1.18. The minimum Gasteiger partial charge on any atom is -0.311 e. The Bertz CT molecular complexity index is 2010. The zero-order valence-electron chi connectivity index (χ0n) is 24.9. The van der Waals surface area contributed by atoms with E-state index in [0.29, 0.717) is 41.5 Å². The maximum absolute atomic E-state index is 13.8. The van der Waals surface area contributed by atoms with Crippen LogP contribution in [-0.2, 0) is 11.2 Å². The molecule has 6 heteroatoms. The summed E-state index contributed by atoms with van der Waals surface area (Å²) in [6.07, 6.45) is 1.63. The number of rotatable bonds is 9. The third-order valence-electron chi connectivity index (χ3n) is 8.41. The summed E-state index contributed by atoms with van der Waals surface area (Å²) in [6.45, 7) is 0. The van der Waals surface area contributed by atoms with Crippen LogP contribution in [0.1, 0.15) is 39.1 Å². The van der Waals surface area contributed by atoms with Gasteiger partial charge in [-0.1, -0.05) is 78.9 Å². The molecule has 0 saturated carbocycles. The van der Waals surface area contributed by atoms with Crippen LogP contribution in [0.3, 0.4) is 0 Å². The summed E-state index contributed by atoms with van der Waals surface area (Å²) in [6, 6.07) is 45.6. The van der Waals surface area contributed by atoms with Crippen molar-refractivity contribution in [3.8, 4) is 11.1 Å². The van der Waals surface area contributed by atoms with Crippen LogP contribution < -0.4 is 9.80 Å². The Kier molecular flexibility index (Phi) is 7.91. The number of hydrogen-bond donors (Lipinski definition) is 0. The molecule has 0 bridgehead atoms. The van der Waals surface area contributed by atoms with Crippen LogP contribution in [0.25, 0.3) is 21.9 Å². The first-order chi connectivity index (χ1) is 22.5. The number of hydrogen-bond acceptors (Lipinski definition) is 4. The van der Waals surface area contributed by atoms with Crippen LogP contribution in [0.5, 0.6) is 0 Å². The molecule has 0 fully saturated rings. The number of halogens is 1. The Hall–Kier alpha value is -5.52. The van der Waals surface area contributed by atoms with Crippen molar-refractivity contribution in [1.29, 1.82) is 0 Å². The van der Waals surface area contributed by atoms with Crippen molar-refractivity contribution in [2.24, 2.45) is 0 Å². The number of nitrogens with zero attached hydrogens (tertiary/aromatic N) is 2. The summed E-state index contributed by atoms with van der Waals surface area (Å²) in [5.74, 6) is -0.699. The molecule has 0 radical (unpaired) electrons. The van der Waals surface area contributed by atoms with E-state index in [1.165, 1.54) is 4.90 Å². The van der Waals surface area contributed by atoms with Crippen molar-refractivity contribution >= 4 is 62.2 Å².